The highest BCUT2D eigenvalue weighted by Crippen LogP contribution is 2.37. The van der Waals surface area contributed by atoms with E-state index < -0.39 is 28.6 Å². The number of aryl methyl sites for hydroxylation is 1. The van der Waals surface area contributed by atoms with Crippen LogP contribution >= 0.6 is 11.6 Å². The molecule has 2 aromatic carbocycles. The third-order valence-electron chi connectivity index (χ3n) is 4.28. The summed E-state index contributed by atoms with van der Waals surface area (Å²) in [5.41, 5.74) is -1.26. The molecule has 0 aliphatic carbocycles. The van der Waals surface area contributed by atoms with Crippen molar-refractivity contribution < 1.29 is 31.4 Å². The lowest BCUT2D eigenvalue weighted by molar-refractivity contribution is -0.143. The summed E-state index contributed by atoms with van der Waals surface area (Å²) in [6.07, 6.45) is -9.19. The second kappa shape index (κ2) is 7.75. The number of alkyl halides is 6. The Balaban J connectivity index is 1.79. The fourth-order valence-corrected chi connectivity index (χ4v) is 3.05. The molecule has 2 N–H and O–H groups in total. The number of phenols is 1. The van der Waals surface area contributed by atoms with E-state index in [1.54, 1.807) is 0 Å². The highest BCUT2D eigenvalue weighted by Gasteiger charge is 2.35. The number of nitrogens with one attached hydrogen (secondary N) is 1. The number of aromatic nitrogens is 2. The van der Waals surface area contributed by atoms with Crippen LogP contribution in [0.2, 0.25) is 5.02 Å². The molecule has 0 aliphatic rings. The van der Waals surface area contributed by atoms with Crippen LogP contribution in [0.3, 0.4) is 0 Å². The van der Waals surface area contributed by atoms with Crippen molar-refractivity contribution in [3.8, 4) is 17.0 Å². The number of hydrogen-bond donors (Lipinski definition) is 2. The molecule has 0 radical (unpaired) electrons. The number of hydrogen-bond acceptors (Lipinski definition) is 3. The van der Waals surface area contributed by atoms with Gasteiger partial charge in [-0.15, -0.1) is 0 Å². The molecule has 0 aliphatic heterocycles. The maximum atomic E-state index is 12.9. The molecule has 11 heteroatoms. The molecule has 0 saturated heterocycles. The first-order chi connectivity index (χ1) is 13.9. The van der Waals surface area contributed by atoms with Crippen LogP contribution in [0.15, 0.2) is 42.5 Å². The molecule has 30 heavy (non-hydrogen) atoms. The molecular formula is C19H14ClF6N3O. The summed E-state index contributed by atoms with van der Waals surface area (Å²) in [5.74, 6) is -0.312. The lowest BCUT2D eigenvalue weighted by atomic mass is 10.1. The topological polar surface area (TPSA) is 50.1 Å². The Hall–Kier alpha value is -2.88. The van der Waals surface area contributed by atoms with Gasteiger partial charge in [0.1, 0.15) is 11.4 Å². The van der Waals surface area contributed by atoms with Crippen LogP contribution in [0.1, 0.15) is 16.8 Å². The van der Waals surface area contributed by atoms with Crippen molar-refractivity contribution >= 4 is 17.3 Å². The second-order valence-corrected chi connectivity index (χ2v) is 6.84. The van der Waals surface area contributed by atoms with Gasteiger partial charge in [-0.3, -0.25) is 4.68 Å². The Morgan fingerprint density at radius 2 is 1.70 bits per heavy atom. The molecule has 3 aromatic rings. The summed E-state index contributed by atoms with van der Waals surface area (Å²) in [7, 11) is 1.14. The minimum absolute atomic E-state index is 0.0583. The van der Waals surface area contributed by atoms with Gasteiger partial charge in [0.15, 0.2) is 0 Å². The average Bonchev–Trinajstić information content (AvgIpc) is 3.02. The van der Waals surface area contributed by atoms with Gasteiger partial charge in [-0.2, -0.15) is 31.4 Å². The Kier molecular flexibility index (Phi) is 5.64. The Morgan fingerprint density at radius 3 is 2.27 bits per heavy atom. The summed E-state index contributed by atoms with van der Waals surface area (Å²) in [5, 5.41) is 16.3. The van der Waals surface area contributed by atoms with E-state index in [1.807, 2.05) is 0 Å². The van der Waals surface area contributed by atoms with Crippen LogP contribution < -0.4 is 5.32 Å². The van der Waals surface area contributed by atoms with Crippen molar-refractivity contribution in [2.24, 2.45) is 7.05 Å². The quantitative estimate of drug-likeness (QED) is 0.473. The fourth-order valence-electron chi connectivity index (χ4n) is 2.82. The van der Waals surface area contributed by atoms with Gasteiger partial charge in [-0.05, 0) is 42.0 Å². The Labute approximate surface area is 171 Å². The van der Waals surface area contributed by atoms with E-state index in [0.717, 1.165) is 25.2 Å². The third kappa shape index (κ3) is 4.64. The third-order valence-corrected chi connectivity index (χ3v) is 4.61. The molecule has 0 amide bonds. The molecule has 0 saturated carbocycles. The van der Waals surface area contributed by atoms with E-state index in [0.29, 0.717) is 10.2 Å². The van der Waals surface area contributed by atoms with E-state index in [9.17, 15) is 31.4 Å². The molecule has 0 atom stereocenters. The van der Waals surface area contributed by atoms with Gasteiger partial charge in [0, 0.05) is 24.8 Å². The predicted molar refractivity (Wildman–Crippen MR) is 99.1 cm³/mol. The van der Waals surface area contributed by atoms with Crippen LogP contribution in [0.5, 0.6) is 5.75 Å². The molecule has 0 bridgehead atoms. The molecule has 160 valence electrons. The number of rotatable bonds is 4. The first-order valence-corrected chi connectivity index (χ1v) is 8.78. The summed E-state index contributed by atoms with van der Waals surface area (Å²) in [6.45, 7) is 0.0583. The smallest absolute Gasteiger partial charge is 0.433 e. The minimum Gasteiger partial charge on any atom is -0.507 e. The van der Waals surface area contributed by atoms with Gasteiger partial charge in [0.2, 0.25) is 0 Å². The zero-order valence-electron chi connectivity index (χ0n) is 15.2. The van der Waals surface area contributed by atoms with Gasteiger partial charge in [0.25, 0.3) is 0 Å². The van der Waals surface area contributed by atoms with E-state index in [-0.39, 0.29) is 29.2 Å². The zero-order chi connectivity index (χ0) is 22.3. The van der Waals surface area contributed by atoms with Crippen LogP contribution in [-0.4, -0.2) is 14.9 Å². The Morgan fingerprint density at radius 1 is 1.00 bits per heavy atom. The first-order valence-electron chi connectivity index (χ1n) is 8.40. The maximum Gasteiger partial charge on any atom is 0.433 e. The molecule has 4 nitrogen and oxygen atoms in total. The predicted octanol–water partition coefficient (Wildman–Crippen LogP) is 6.10. The molecule has 1 heterocycles. The largest absolute Gasteiger partial charge is 0.507 e. The molecule has 0 fully saturated rings. The van der Waals surface area contributed by atoms with Crippen molar-refractivity contribution in [1.82, 2.24) is 9.78 Å². The molecular weight excluding hydrogens is 436 g/mol. The van der Waals surface area contributed by atoms with Gasteiger partial charge in [0.05, 0.1) is 16.3 Å². The monoisotopic (exact) mass is 449 g/mol. The lowest BCUT2D eigenvalue weighted by Gasteiger charge is -2.13. The SMILES string of the molecule is Cn1nc(-c2ccc(CNc3ccc(Cl)c(C(F)(F)F)c3)cc2O)cc1C(F)(F)F. The highest BCUT2D eigenvalue weighted by atomic mass is 35.5. The van der Waals surface area contributed by atoms with Crippen LogP contribution in [0.4, 0.5) is 32.0 Å². The van der Waals surface area contributed by atoms with Gasteiger partial charge in [-0.1, -0.05) is 17.7 Å². The number of nitrogens with zero attached hydrogens (tertiary/aromatic N) is 2. The van der Waals surface area contributed by atoms with Crippen molar-refractivity contribution in [1.29, 1.82) is 0 Å². The highest BCUT2D eigenvalue weighted by molar-refractivity contribution is 6.31. The summed E-state index contributed by atoms with van der Waals surface area (Å²) >= 11 is 5.58. The lowest BCUT2D eigenvalue weighted by Crippen LogP contribution is -2.11. The van der Waals surface area contributed by atoms with Gasteiger partial charge < -0.3 is 10.4 Å². The van der Waals surface area contributed by atoms with E-state index in [1.165, 1.54) is 24.3 Å². The van der Waals surface area contributed by atoms with Crippen molar-refractivity contribution in [2.45, 2.75) is 18.9 Å². The summed E-state index contributed by atoms with van der Waals surface area (Å²) < 4.78 is 78.2. The van der Waals surface area contributed by atoms with Crippen molar-refractivity contribution in [3.63, 3.8) is 0 Å². The van der Waals surface area contributed by atoms with Crippen molar-refractivity contribution in [2.75, 3.05) is 5.32 Å². The summed E-state index contributed by atoms with van der Waals surface area (Å²) in [4.78, 5) is 0. The molecule has 0 unspecified atom stereocenters. The normalized spacial score (nSPS) is 12.3. The standard InChI is InChI=1S/C19H14ClF6N3O/c1-29-17(19(24,25)26)8-15(28-29)12-4-2-10(6-16(12)30)9-27-11-3-5-14(20)13(7-11)18(21,22)23/h2-8,27,30H,9H2,1H3. The number of aromatic hydroxyl groups is 1. The maximum absolute atomic E-state index is 12.9. The molecule has 3 rings (SSSR count). The number of phenolic OH excluding ortho intramolecular Hbond substituents is 1. The fraction of sp³-hybridized carbons (Fsp3) is 0.211. The number of benzene rings is 2. The Bertz CT molecular complexity index is 1080. The van der Waals surface area contributed by atoms with E-state index >= 15 is 0 Å². The first kappa shape index (κ1) is 21.8. The van der Waals surface area contributed by atoms with Crippen LogP contribution in [0, 0.1) is 0 Å². The van der Waals surface area contributed by atoms with Crippen LogP contribution in [0.25, 0.3) is 11.3 Å². The minimum atomic E-state index is -4.60. The van der Waals surface area contributed by atoms with E-state index in [4.69, 9.17) is 11.6 Å². The summed E-state index contributed by atoms with van der Waals surface area (Å²) in [6, 6.07) is 8.38. The van der Waals surface area contributed by atoms with E-state index in [2.05, 4.69) is 10.4 Å². The molecule has 1 aromatic heterocycles. The van der Waals surface area contributed by atoms with Gasteiger partial charge in [-0.25, -0.2) is 0 Å². The van der Waals surface area contributed by atoms with Crippen molar-refractivity contribution in [3.05, 3.63) is 64.3 Å². The van der Waals surface area contributed by atoms with Gasteiger partial charge >= 0.3 is 12.4 Å². The average molecular weight is 450 g/mol. The van der Waals surface area contributed by atoms with Crippen LogP contribution in [-0.2, 0) is 25.9 Å². The number of anilines is 1. The second-order valence-electron chi connectivity index (χ2n) is 6.43. The zero-order valence-corrected chi connectivity index (χ0v) is 16.0. The molecule has 0 spiro atoms. The number of halogens is 7.